The monoisotopic (exact) mass is 377 g/mol. The molecule has 0 aliphatic carbocycles. The highest BCUT2D eigenvalue weighted by Crippen LogP contribution is 2.35. The minimum absolute atomic E-state index is 0.00118. The van der Waals surface area contributed by atoms with Crippen molar-refractivity contribution in [2.24, 2.45) is 5.73 Å². The van der Waals surface area contributed by atoms with Gasteiger partial charge in [-0.25, -0.2) is 9.59 Å². The molecule has 0 atom stereocenters. The van der Waals surface area contributed by atoms with Crippen molar-refractivity contribution in [3.63, 3.8) is 0 Å². The smallest absolute Gasteiger partial charge is 0.336 e. The summed E-state index contributed by atoms with van der Waals surface area (Å²) in [7, 11) is 0. The SMILES string of the molecule is Cc1ccc(C(=O)O)c(-c2cccc(CN)c2CBr)c1C(=O)O. The van der Waals surface area contributed by atoms with E-state index >= 15 is 0 Å². The highest BCUT2D eigenvalue weighted by Gasteiger charge is 2.24. The number of hydrogen-bond donors (Lipinski definition) is 3. The van der Waals surface area contributed by atoms with Crippen molar-refractivity contribution in [3.8, 4) is 11.1 Å². The first-order chi connectivity index (χ1) is 10.9. The minimum atomic E-state index is -1.17. The molecule has 0 aliphatic rings. The number of aryl methyl sites for hydroxylation is 1. The lowest BCUT2D eigenvalue weighted by Crippen LogP contribution is -2.11. The molecule has 0 aliphatic heterocycles. The molecule has 5 nitrogen and oxygen atoms in total. The Kier molecular flexibility index (Phi) is 5.18. The Labute approximate surface area is 141 Å². The van der Waals surface area contributed by atoms with Gasteiger partial charge < -0.3 is 15.9 Å². The molecular weight excluding hydrogens is 362 g/mol. The molecule has 0 spiro atoms. The van der Waals surface area contributed by atoms with E-state index < -0.39 is 11.9 Å². The molecule has 2 rings (SSSR count). The molecule has 0 amide bonds. The van der Waals surface area contributed by atoms with E-state index in [1.165, 1.54) is 12.1 Å². The molecule has 0 radical (unpaired) electrons. The van der Waals surface area contributed by atoms with Gasteiger partial charge in [-0.05, 0) is 35.2 Å². The minimum Gasteiger partial charge on any atom is -0.478 e. The summed E-state index contributed by atoms with van der Waals surface area (Å²) in [6, 6.07) is 8.27. The van der Waals surface area contributed by atoms with Crippen LogP contribution in [0.1, 0.15) is 37.4 Å². The third-order valence-corrected chi connectivity index (χ3v) is 4.31. The van der Waals surface area contributed by atoms with Crippen LogP contribution in [-0.4, -0.2) is 22.2 Å². The number of carbonyl (C=O) groups is 2. The van der Waals surface area contributed by atoms with Crippen LogP contribution in [0.3, 0.4) is 0 Å². The Balaban J connectivity index is 2.95. The molecule has 2 aromatic rings. The summed E-state index contributed by atoms with van der Waals surface area (Å²) in [6.45, 7) is 1.94. The van der Waals surface area contributed by atoms with Gasteiger partial charge in [0.1, 0.15) is 0 Å². The average Bonchev–Trinajstić information content (AvgIpc) is 2.52. The Bertz CT molecular complexity index is 786. The molecule has 0 aromatic heterocycles. The van der Waals surface area contributed by atoms with Crippen LogP contribution in [-0.2, 0) is 11.9 Å². The lowest BCUT2D eigenvalue weighted by atomic mass is 9.87. The van der Waals surface area contributed by atoms with E-state index in [4.69, 9.17) is 5.73 Å². The van der Waals surface area contributed by atoms with Crippen LogP contribution < -0.4 is 5.73 Å². The van der Waals surface area contributed by atoms with Crippen LogP contribution in [0.5, 0.6) is 0 Å². The summed E-state index contributed by atoms with van der Waals surface area (Å²) in [5, 5.41) is 19.5. The third kappa shape index (κ3) is 3.13. The highest BCUT2D eigenvalue weighted by atomic mass is 79.9. The summed E-state index contributed by atoms with van der Waals surface area (Å²) in [5.41, 5.74) is 8.65. The molecule has 0 heterocycles. The second kappa shape index (κ2) is 6.93. The maximum atomic E-state index is 11.7. The fourth-order valence-electron chi connectivity index (χ4n) is 2.66. The van der Waals surface area contributed by atoms with Gasteiger partial charge in [-0.3, -0.25) is 0 Å². The van der Waals surface area contributed by atoms with Gasteiger partial charge in [-0.1, -0.05) is 40.2 Å². The van der Waals surface area contributed by atoms with Crippen LogP contribution in [0.2, 0.25) is 0 Å². The van der Waals surface area contributed by atoms with Crippen molar-refractivity contribution >= 4 is 27.9 Å². The maximum Gasteiger partial charge on any atom is 0.336 e. The van der Waals surface area contributed by atoms with Crippen LogP contribution in [0.15, 0.2) is 30.3 Å². The van der Waals surface area contributed by atoms with Gasteiger partial charge in [-0.2, -0.15) is 0 Å². The van der Waals surface area contributed by atoms with E-state index in [1.54, 1.807) is 19.1 Å². The molecule has 0 unspecified atom stereocenters. The quantitative estimate of drug-likeness (QED) is 0.693. The number of carboxylic acid groups (broad SMARTS) is 2. The molecule has 0 fully saturated rings. The topological polar surface area (TPSA) is 101 Å². The Hall–Kier alpha value is -2.18. The standard InChI is InChI=1S/C17H16BrNO4/c1-9-5-6-12(16(20)21)15(14(9)17(22)23)11-4-2-3-10(8-19)13(11)7-18/h2-6H,7-8,19H2,1H3,(H,20,21)(H,22,23). The van der Waals surface area contributed by atoms with Crippen molar-refractivity contribution < 1.29 is 19.8 Å². The number of aromatic carboxylic acids is 2. The van der Waals surface area contributed by atoms with Crippen molar-refractivity contribution in [2.45, 2.75) is 18.8 Å². The number of benzene rings is 2. The number of halogens is 1. The normalized spacial score (nSPS) is 10.6. The van der Waals surface area contributed by atoms with Gasteiger partial charge in [0, 0.05) is 17.4 Å². The van der Waals surface area contributed by atoms with Crippen LogP contribution in [0, 0.1) is 6.92 Å². The van der Waals surface area contributed by atoms with Gasteiger partial charge in [-0.15, -0.1) is 0 Å². The molecule has 2 aromatic carbocycles. The summed E-state index contributed by atoms with van der Waals surface area (Å²) >= 11 is 3.39. The van der Waals surface area contributed by atoms with Gasteiger partial charge in [0.05, 0.1) is 11.1 Å². The first-order valence-electron chi connectivity index (χ1n) is 6.89. The zero-order chi connectivity index (χ0) is 17.1. The summed E-state index contributed by atoms with van der Waals surface area (Å²) in [6.07, 6.45) is 0. The van der Waals surface area contributed by atoms with Crippen LogP contribution >= 0.6 is 15.9 Å². The molecule has 6 heteroatoms. The molecule has 0 saturated carbocycles. The van der Waals surface area contributed by atoms with E-state index in [0.29, 0.717) is 16.5 Å². The fraction of sp³-hybridized carbons (Fsp3) is 0.176. The van der Waals surface area contributed by atoms with E-state index in [2.05, 4.69) is 15.9 Å². The number of nitrogens with two attached hydrogens (primary N) is 1. The van der Waals surface area contributed by atoms with Crippen LogP contribution in [0.4, 0.5) is 0 Å². The first kappa shape index (κ1) is 17.2. The van der Waals surface area contributed by atoms with Crippen molar-refractivity contribution in [2.75, 3.05) is 0 Å². The summed E-state index contributed by atoms with van der Waals surface area (Å²) < 4.78 is 0. The lowest BCUT2D eigenvalue weighted by Gasteiger charge is -2.17. The Morgan fingerprint density at radius 1 is 1.13 bits per heavy atom. The zero-order valence-corrected chi connectivity index (χ0v) is 14.1. The Morgan fingerprint density at radius 2 is 1.83 bits per heavy atom. The van der Waals surface area contributed by atoms with Crippen molar-refractivity contribution in [1.82, 2.24) is 0 Å². The molecule has 0 bridgehead atoms. The first-order valence-corrected chi connectivity index (χ1v) is 8.01. The number of hydrogen-bond acceptors (Lipinski definition) is 3. The summed E-state index contributed by atoms with van der Waals surface area (Å²) in [4.78, 5) is 23.3. The zero-order valence-electron chi connectivity index (χ0n) is 12.5. The predicted molar refractivity (Wildman–Crippen MR) is 91.1 cm³/mol. The molecule has 4 N–H and O–H groups in total. The number of rotatable bonds is 5. The third-order valence-electron chi connectivity index (χ3n) is 3.75. The molecule has 0 saturated heterocycles. The van der Waals surface area contributed by atoms with E-state index in [9.17, 15) is 19.8 Å². The van der Waals surface area contributed by atoms with Crippen molar-refractivity contribution in [1.29, 1.82) is 0 Å². The largest absolute Gasteiger partial charge is 0.478 e. The van der Waals surface area contributed by atoms with E-state index in [0.717, 1.165) is 11.1 Å². The van der Waals surface area contributed by atoms with Crippen molar-refractivity contribution in [3.05, 3.63) is 58.1 Å². The van der Waals surface area contributed by atoms with E-state index in [1.807, 2.05) is 6.07 Å². The van der Waals surface area contributed by atoms with Gasteiger partial charge in [0.15, 0.2) is 0 Å². The van der Waals surface area contributed by atoms with Gasteiger partial charge in [0.25, 0.3) is 0 Å². The van der Waals surface area contributed by atoms with Gasteiger partial charge >= 0.3 is 11.9 Å². The second-order valence-corrected chi connectivity index (χ2v) is 5.63. The number of alkyl halides is 1. The van der Waals surface area contributed by atoms with E-state index in [-0.39, 0.29) is 23.2 Å². The molecular formula is C17H16BrNO4. The summed E-state index contributed by atoms with van der Waals surface area (Å²) in [5.74, 6) is -2.32. The second-order valence-electron chi connectivity index (χ2n) is 5.07. The fourth-order valence-corrected chi connectivity index (χ4v) is 3.32. The van der Waals surface area contributed by atoms with Crippen LogP contribution in [0.25, 0.3) is 11.1 Å². The maximum absolute atomic E-state index is 11.7. The average molecular weight is 378 g/mol. The Morgan fingerprint density at radius 3 is 2.35 bits per heavy atom. The number of carboxylic acids is 2. The highest BCUT2D eigenvalue weighted by molar-refractivity contribution is 9.08. The predicted octanol–water partition coefficient (Wildman–Crippen LogP) is 3.41. The van der Waals surface area contributed by atoms with Gasteiger partial charge in [0.2, 0.25) is 0 Å². The molecule has 23 heavy (non-hydrogen) atoms. The molecule has 120 valence electrons. The lowest BCUT2D eigenvalue weighted by molar-refractivity contribution is 0.0695.